The molecule has 1 aliphatic heterocycles. The van der Waals surface area contributed by atoms with Gasteiger partial charge in [-0.3, -0.25) is 0 Å². The third-order valence-corrected chi connectivity index (χ3v) is 4.89. The van der Waals surface area contributed by atoms with Gasteiger partial charge in [0.15, 0.2) is 5.79 Å². The van der Waals surface area contributed by atoms with Gasteiger partial charge in [0.05, 0.1) is 25.4 Å². The van der Waals surface area contributed by atoms with E-state index in [4.69, 9.17) is 15.2 Å². The number of hydrogen-bond acceptors (Lipinski definition) is 5. The fourth-order valence-electron chi connectivity index (χ4n) is 2.02. The van der Waals surface area contributed by atoms with E-state index in [1.54, 1.807) is 25.1 Å². The highest BCUT2D eigenvalue weighted by molar-refractivity contribution is 7.89. The molecule has 1 heterocycles. The summed E-state index contributed by atoms with van der Waals surface area (Å²) in [6.45, 7) is 2.78. The highest BCUT2D eigenvalue weighted by Gasteiger charge is 2.36. The first-order valence-corrected chi connectivity index (χ1v) is 7.38. The maximum atomic E-state index is 12.4. The molecule has 0 spiro atoms. The van der Waals surface area contributed by atoms with Crippen LogP contribution in [0, 0.1) is 0 Å². The average Bonchev–Trinajstić information content (AvgIpc) is 2.76. The zero-order valence-corrected chi connectivity index (χ0v) is 11.8. The van der Waals surface area contributed by atoms with Crippen molar-refractivity contribution in [2.24, 2.45) is 0 Å². The molecule has 2 N–H and O–H groups in total. The van der Waals surface area contributed by atoms with Crippen molar-refractivity contribution in [1.29, 1.82) is 0 Å². The molecule has 19 heavy (non-hydrogen) atoms. The van der Waals surface area contributed by atoms with Gasteiger partial charge in [-0.05, 0) is 19.1 Å². The van der Waals surface area contributed by atoms with Crippen molar-refractivity contribution in [3.05, 3.63) is 24.3 Å². The quantitative estimate of drug-likeness (QED) is 0.822. The Morgan fingerprint density at radius 2 is 1.89 bits per heavy atom. The lowest BCUT2D eigenvalue weighted by Crippen LogP contribution is -2.42. The Bertz CT molecular complexity index is 553. The molecule has 7 heteroatoms. The van der Waals surface area contributed by atoms with Gasteiger partial charge in [-0.1, -0.05) is 12.1 Å². The molecule has 106 valence electrons. The Balaban J connectivity index is 2.22. The maximum Gasteiger partial charge on any atom is 0.245 e. The van der Waals surface area contributed by atoms with Crippen LogP contribution in [0.25, 0.3) is 0 Å². The summed E-state index contributed by atoms with van der Waals surface area (Å²) in [6, 6.07) is 6.38. The summed E-state index contributed by atoms with van der Waals surface area (Å²) in [5, 5.41) is 0. The molecule has 1 fully saturated rings. The Labute approximate surface area is 113 Å². The summed E-state index contributed by atoms with van der Waals surface area (Å²) in [5.74, 6) is -0.897. The molecular formula is C12H18N2O4S. The summed E-state index contributed by atoms with van der Waals surface area (Å²) >= 11 is 0. The first-order chi connectivity index (χ1) is 8.85. The number of hydrogen-bond donors (Lipinski definition) is 1. The summed E-state index contributed by atoms with van der Waals surface area (Å²) in [4.78, 5) is 0.0964. The van der Waals surface area contributed by atoms with Crippen LogP contribution < -0.4 is 5.73 Å². The van der Waals surface area contributed by atoms with Gasteiger partial charge in [-0.2, -0.15) is 4.31 Å². The number of likely N-dealkylation sites (N-methyl/N-ethyl adjacent to an activating group) is 1. The normalized spacial score (nSPS) is 18.9. The van der Waals surface area contributed by atoms with E-state index in [0.717, 1.165) is 0 Å². The number of nitrogen functional groups attached to an aromatic ring is 1. The van der Waals surface area contributed by atoms with Gasteiger partial charge < -0.3 is 15.2 Å². The minimum absolute atomic E-state index is 0.0964. The first kappa shape index (κ1) is 14.3. The van der Waals surface area contributed by atoms with E-state index < -0.39 is 15.8 Å². The van der Waals surface area contributed by atoms with Crippen molar-refractivity contribution < 1.29 is 17.9 Å². The molecule has 1 aromatic rings. The van der Waals surface area contributed by atoms with Crippen molar-refractivity contribution in [2.45, 2.75) is 17.6 Å². The molecule has 1 aliphatic rings. The van der Waals surface area contributed by atoms with E-state index in [1.807, 2.05) is 0 Å². The molecule has 0 aromatic heterocycles. The van der Waals surface area contributed by atoms with Gasteiger partial charge in [-0.25, -0.2) is 8.42 Å². The molecule has 1 aromatic carbocycles. The van der Waals surface area contributed by atoms with Gasteiger partial charge in [0, 0.05) is 7.05 Å². The second kappa shape index (κ2) is 5.09. The molecule has 0 bridgehead atoms. The first-order valence-electron chi connectivity index (χ1n) is 5.94. The summed E-state index contributed by atoms with van der Waals surface area (Å²) in [6.07, 6.45) is 0. The van der Waals surface area contributed by atoms with Crippen LogP contribution in [0.5, 0.6) is 0 Å². The predicted molar refractivity (Wildman–Crippen MR) is 71.0 cm³/mol. The minimum atomic E-state index is -3.65. The van der Waals surface area contributed by atoms with Crippen molar-refractivity contribution in [3.8, 4) is 0 Å². The Kier molecular flexibility index (Phi) is 3.82. The van der Waals surface area contributed by atoms with Gasteiger partial charge in [0.2, 0.25) is 10.0 Å². The standard InChI is InChI=1S/C12H18N2O4S/c1-12(17-7-8-18-12)9-14(2)19(15,16)11-6-4-3-5-10(11)13/h3-6H,7-9,13H2,1-2H3. The topological polar surface area (TPSA) is 81.9 Å². The van der Waals surface area contributed by atoms with Crippen LogP contribution in [0.4, 0.5) is 5.69 Å². The zero-order chi connectivity index (χ0) is 14.1. The summed E-state index contributed by atoms with van der Waals surface area (Å²) < 4.78 is 36.9. The number of sulfonamides is 1. The molecule has 0 atom stereocenters. The van der Waals surface area contributed by atoms with Crippen molar-refractivity contribution in [3.63, 3.8) is 0 Å². The number of nitrogens with zero attached hydrogens (tertiary/aromatic N) is 1. The lowest BCUT2D eigenvalue weighted by atomic mass is 10.3. The lowest BCUT2D eigenvalue weighted by molar-refractivity contribution is -0.146. The SMILES string of the molecule is CN(CC1(C)OCCO1)S(=O)(=O)c1ccccc1N. The number of ether oxygens (including phenoxy) is 2. The summed E-state index contributed by atoms with van der Waals surface area (Å²) in [7, 11) is -2.16. The number of rotatable bonds is 4. The fourth-order valence-corrected chi connectivity index (χ4v) is 3.38. The highest BCUT2D eigenvalue weighted by Crippen LogP contribution is 2.25. The van der Waals surface area contributed by atoms with E-state index in [-0.39, 0.29) is 17.1 Å². The van der Waals surface area contributed by atoms with E-state index in [0.29, 0.717) is 13.2 Å². The van der Waals surface area contributed by atoms with E-state index in [1.165, 1.54) is 17.4 Å². The van der Waals surface area contributed by atoms with Gasteiger partial charge in [0.1, 0.15) is 4.90 Å². The van der Waals surface area contributed by atoms with E-state index in [9.17, 15) is 8.42 Å². The molecule has 0 aliphatic carbocycles. The third-order valence-electron chi connectivity index (χ3n) is 3.02. The molecule has 0 amide bonds. The Hall–Kier alpha value is -1.15. The fraction of sp³-hybridized carbons (Fsp3) is 0.500. The zero-order valence-electron chi connectivity index (χ0n) is 11.0. The monoisotopic (exact) mass is 286 g/mol. The van der Waals surface area contributed by atoms with Crippen LogP contribution >= 0.6 is 0 Å². The Morgan fingerprint density at radius 3 is 2.47 bits per heavy atom. The molecule has 0 radical (unpaired) electrons. The van der Waals surface area contributed by atoms with Crippen molar-refractivity contribution in [2.75, 3.05) is 32.5 Å². The minimum Gasteiger partial charge on any atom is -0.398 e. The van der Waals surface area contributed by atoms with Crippen LogP contribution in [0.1, 0.15) is 6.92 Å². The molecule has 1 saturated heterocycles. The predicted octanol–water partition coefficient (Wildman–Crippen LogP) is 0.652. The lowest BCUT2D eigenvalue weighted by Gasteiger charge is -2.28. The maximum absolute atomic E-state index is 12.4. The smallest absolute Gasteiger partial charge is 0.245 e. The van der Waals surface area contributed by atoms with Crippen LogP contribution in [0.15, 0.2) is 29.2 Å². The van der Waals surface area contributed by atoms with Crippen molar-refractivity contribution in [1.82, 2.24) is 4.31 Å². The van der Waals surface area contributed by atoms with E-state index in [2.05, 4.69) is 0 Å². The Morgan fingerprint density at radius 1 is 1.32 bits per heavy atom. The summed E-state index contributed by atoms with van der Waals surface area (Å²) in [5.41, 5.74) is 5.95. The van der Waals surface area contributed by atoms with Gasteiger partial charge >= 0.3 is 0 Å². The second-order valence-corrected chi connectivity index (χ2v) is 6.64. The van der Waals surface area contributed by atoms with Crippen molar-refractivity contribution >= 4 is 15.7 Å². The van der Waals surface area contributed by atoms with Crippen LogP contribution in [-0.4, -0.2) is 45.3 Å². The molecule has 0 unspecified atom stereocenters. The van der Waals surface area contributed by atoms with Crippen LogP contribution in [-0.2, 0) is 19.5 Å². The number of nitrogens with two attached hydrogens (primary N) is 1. The van der Waals surface area contributed by atoms with Crippen LogP contribution in [0.3, 0.4) is 0 Å². The number of anilines is 1. The largest absolute Gasteiger partial charge is 0.398 e. The molecule has 2 rings (SSSR count). The molecule has 6 nitrogen and oxygen atoms in total. The average molecular weight is 286 g/mol. The molecular weight excluding hydrogens is 268 g/mol. The second-order valence-electron chi connectivity index (χ2n) is 4.63. The number of benzene rings is 1. The third kappa shape index (κ3) is 2.89. The van der Waals surface area contributed by atoms with E-state index >= 15 is 0 Å². The van der Waals surface area contributed by atoms with Gasteiger partial charge in [-0.15, -0.1) is 0 Å². The van der Waals surface area contributed by atoms with Gasteiger partial charge in [0.25, 0.3) is 0 Å². The number of para-hydroxylation sites is 1. The molecule has 0 saturated carbocycles. The highest BCUT2D eigenvalue weighted by atomic mass is 32.2. The van der Waals surface area contributed by atoms with Crippen LogP contribution in [0.2, 0.25) is 0 Å².